The van der Waals surface area contributed by atoms with Gasteiger partial charge in [0.15, 0.2) is 17.5 Å². The lowest BCUT2D eigenvalue weighted by Crippen LogP contribution is -2.48. The van der Waals surface area contributed by atoms with Gasteiger partial charge in [-0.15, -0.1) is 0 Å². The molecule has 1 heterocycles. The molecule has 1 aliphatic heterocycles. The summed E-state index contributed by atoms with van der Waals surface area (Å²) in [6, 6.07) is 1.61. The molecule has 1 fully saturated rings. The van der Waals surface area contributed by atoms with Gasteiger partial charge in [-0.05, 0) is 37.6 Å². The molecule has 0 aliphatic carbocycles. The molecule has 0 bridgehead atoms. The van der Waals surface area contributed by atoms with Crippen molar-refractivity contribution in [2.75, 3.05) is 13.1 Å². The van der Waals surface area contributed by atoms with Crippen molar-refractivity contribution in [3.8, 4) is 0 Å². The Hall–Kier alpha value is -1.56. The largest absolute Gasteiger partial charge is 0.349 e. The topological polar surface area (TPSA) is 41.1 Å². The smallest absolute Gasteiger partial charge is 0.254 e. The molecular formula is C13H15F3N2O. The molecule has 1 amide bonds. The number of carbonyl (C=O) groups excluding carboxylic acids is 1. The summed E-state index contributed by atoms with van der Waals surface area (Å²) >= 11 is 0. The Morgan fingerprint density at radius 3 is 2.74 bits per heavy atom. The number of piperidine rings is 1. The van der Waals surface area contributed by atoms with Crippen molar-refractivity contribution < 1.29 is 18.0 Å². The first-order chi connectivity index (χ1) is 9.00. The average Bonchev–Trinajstić information content (AvgIpc) is 2.39. The number of amides is 1. The fraction of sp³-hybridized carbons (Fsp3) is 0.462. The number of halogens is 3. The summed E-state index contributed by atoms with van der Waals surface area (Å²) < 4.78 is 39.3. The number of benzene rings is 1. The van der Waals surface area contributed by atoms with E-state index in [1.165, 1.54) is 0 Å². The molecule has 1 aromatic carbocycles. The Morgan fingerprint density at radius 1 is 1.32 bits per heavy atom. The second kappa shape index (κ2) is 5.61. The van der Waals surface area contributed by atoms with Gasteiger partial charge < -0.3 is 10.6 Å². The fourth-order valence-corrected chi connectivity index (χ4v) is 2.18. The predicted molar refractivity (Wildman–Crippen MR) is 64.2 cm³/mol. The number of hydrogen-bond donors (Lipinski definition) is 2. The number of nitrogens with one attached hydrogen (secondary N) is 2. The molecule has 2 atom stereocenters. The van der Waals surface area contributed by atoms with Gasteiger partial charge in [0, 0.05) is 6.04 Å². The monoisotopic (exact) mass is 272 g/mol. The third kappa shape index (κ3) is 2.89. The average molecular weight is 272 g/mol. The zero-order chi connectivity index (χ0) is 14.0. The summed E-state index contributed by atoms with van der Waals surface area (Å²) in [7, 11) is 0. The quantitative estimate of drug-likeness (QED) is 0.806. The minimum absolute atomic E-state index is 0.0961. The molecular weight excluding hydrogens is 257 g/mol. The van der Waals surface area contributed by atoms with Crippen molar-refractivity contribution in [1.82, 2.24) is 10.6 Å². The van der Waals surface area contributed by atoms with E-state index in [0.717, 1.165) is 31.6 Å². The second-order valence-electron chi connectivity index (χ2n) is 4.77. The fourth-order valence-electron chi connectivity index (χ4n) is 2.18. The van der Waals surface area contributed by atoms with Gasteiger partial charge in [-0.3, -0.25) is 4.79 Å². The van der Waals surface area contributed by atoms with E-state index < -0.39 is 28.9 Å². The third-order valence-corrected chi connectivity index (χ3v) is 3.38. The highest BCUT2D eigenvalue weighted by Crippen LogP contribution is 2.17. The summed E-state index contributed by atoms with van der Waals surface area (Å²) in [4.78, 5) is 11.9. The third-order valence-electron chi connectivity index (χ3n) is 3.38. The Bertz CT molecular complexity index is 493. The number of carbonyl (C=O) groups is 1. The van der Waals surface area contributed by atoms with Crippen LogP contribution in [0.25, 0.3) is 0 Å². The predicted octanol–water partition coefficient (Wildman–Crippen LogP) is 1.83. The Labute approximate surface area is 109 Å². The van der Waals surface area contributed by atoms with Gasteiger partial charge in [0.2, 0.25) is 0 Å². The molecule has 2 N–H and O–H groups in total. The van der Waals surface area contributed by atoms with Crippen LogP contribution in [0.15, 0.2) is 12.1 Å². The number of hydrogen-bond acceptors (Lipinski definition) is 2. The van der Waals surface area contributed by atoms with Crippen LogP contribution in [0.2, 0.25) is 0 Å². The lowest BCUT2D eigenvalue weighted by atomic mass is 9.95. The zero-order valence-corrected chi connectivity index (χ0v) is 10.5. The molecule has 1 aromatic rings. The molecule has 0 radical (unpaired) electrons. The van der Waals surface area contributed by atoms with E-state index in [9.17, 15) is 18.0 Å². The highest BCUT2D eigenvalue weighted by Gasteiger charge is 2.25. The Morgan fingerprint density at radius 2 is 2.05 bits per heavy atom. The van der Waals surface area contributed by atoms with E-state index in [2.05, 4.69) is 10.6 Å². The van der Waals surface area contributed by atoms with Crippen LogP contribution in [0.4, 0.5) is 13.2 Å². The Kier molecular flexibility index (Phi) is 4.09. The van der Waals surface area contributed by atoms with Crippen molar-refractivity contribution in [3.63, 3.8) is 0 Å². The van der Waals surface area contributed by atoms with E-state index in [1.807, 2.05) is 6.92 Å². The van der Waals surface area contributed by atoms with Gasteiger partial charge in [0.05, 0.1) is 5.56 Å². The highest BCUT2D eigenvalue weighted by atomic mass is 19.2. The standard InChI is InChI=1S/C13H15F3N2O/c1-7-6-17-5-4-10(7)18-13(19)8-2-3-9(14)12(16)11(8)15/h2-3,7,10,17H,4-6H2,1H3,(H,18,19). The van der Waals surface area contributed by atoms with Gasteiger partial charge in [0.1, 0.15) is 0 Å². The summed E-state index contributed by atoms with van der Waals surface area (Å²) in [6.07, 6.45) is 0.720. The van der Waals surface area contributed by atoms with Gasteiger partial charge in [-0.2, -0.15) is 0 Å². The van der Waals surface area contributed by atoms with E-state index >= 15 is 0 Å². The van der Waals surface area contributed by atoms with Gasteiger partial charge >= 0.3 is 0 Å². The van der Waals surface area contributed by atoms with Gasteiger partial charge in [-0.25, -0.2) is 13.2 Å². The molecule has 6 heteroatoms. The van der Waals surface area contributed by atoms with E-state index in [-0.39, 0.29) is 12.0 Å². The van der Waals surface area contributed by atoms with Crippen LogP contribution < -0.4 is 10.6 Å². The zero-order valence-electron chi connectivity index (χ0n) is 10.5. The molecule has 2 rings (SSSR count). The summed E-state index contributed by atoms with van der Waals surface area (Å²) in [5, 5.41) is 5.83. The molecule has 2 unspecified atom stereocenters. The molecule has 0 spiro atoms. The van der Waals surface area contributed by atoms with Crippen molar-refractivity contribution in [1.29, 1.82) is 0 Å². The molecule has 1 aliphatic rings. The van der Waals surface area contributed by atoms with Crippen LogP contribution in [0.3, 0.4) is 0 Å². The first-order valence-corrected chi connectivity index (χ1v) is 6.15. The number of rotatable bonds is 2. The Balaban J connectivity index is 2.14. The maximum absolute atomic E-state index is 13.5. The first-order valence-electron chi connectivity index (χ1n) is 6.15. The SMILES string of the molecule is CC1CNCCC1NC(=O)c1ccc(F)c(F)c1F. The molecule has 3 nitrogen and oxygen atoms in total. The van der Waals surface area contributed by atoms with Crippen LogP contribution in [-0.2, 0) is 0 Å². The normalized spacial score (nSPS) is 23.2. The summed E-state index contributed by atoms with van der Waals surface area (Å²) in [5.74, 6) is -4.88. The van der Waals surface area contributed by atoms with E-state index in [0.29, 0.717) is 0 Å². The molecule has 0 saturated carbocycles. The van der Waals surface area contributed by atoms with Crippen LogP contribution in [0.5, 0.6) is 0 Å². The van der Waals surface area contributed by atoms with Crippen molar-refractivity contribution in [3.05, 3.63) is 35.1 Å². The molecule has 104 valence electrons. The minimum Gasteiger partial charge on any atom is -0.349 e. The van der Waals surface area contributed by atoms with Crippen molar-refractivity contribution in [2.24, 2.45) is 5.92 Å². The highest BCUT2D eigenvalue weighted by molar-refractivity contribution is 5.94. The van der Waals surface area contributed by atoms with E-state index in [4.69, 9.17) is 0 Å². The maximum atomic E-state index is 13.5. The summed E-state index contributed by atoms with van der Waals surface area (Å²) in [5.41, 5.74) is -0.468. The first kappa shape index (κ1) is 13.9. The molecule has 1 saturated heterocycles. The summed E-state index contributed by atoms with van der Waals surface area (Å²) in [6.45, 7) is 3.47. The second-order valence-corrected chi connectivity index (χ2v) is 4.77. The minimum atomic E-state index is -1.62. The van der Waals surface area contributed by atoms with Crippen LogP contribution in [0, 0.1) is 23.4 Å². The van der Waals surface area contributed by atoms with Gasteiger partial charge in [0.25, 0.3) is 5.91 Å². The van der Waals surface area contributed by atoms with Gasteiger partial charge in [-0.1, -0.05) is 6.92 Å². The van der Waals surface area contributed by atoms with Crippen LogP contribution >= 0.6 is 0 Å². The molecule has 0 aromatic heterocycles. The lowest BCUT2D eigenvalue weighted by Gasteiger charge is -2.30. The molecule has 19 heavy (non-hydrogen) atoms. The van der Waals surface area contributed by atoms with E-state index in [1.54, 1.807) is 0 Å². The van der Waals surface area contributed by atoms with Crippen molar-refractivity contribution in [2.45, 2.75) is 19.4 Å². The maximum Gasteiger partial charge on any atom is 0.254 e. The van der Waals surface area contributed by atoms with Crippen LogP contribution in [0.1, 0.15) is 23.7 Å². The van der Waals surface area contributed by atoms with Crippen molar-refractivity contribution >= 4 is 5.91 Å². The lowest BCUT2D eigenvalue weighted by molar-refractivity contribution is 0.0909. The van der Waals surface area contributed by atoms with Crippen LogP contribution in [-0.4, -0.2) is 25.0 Å².